The topological polar surface area (TPSA) is 70.7 Å². The molecule has 34 heavy (non-hydrogen) atoms. The third-order valence-corrected chi connectivity index (χ3v) is 5.43. The van der Waals surface area contributed by atoms with Gasteiger partial charge in [0.25, 0.3) is 5.91 Å². The number of alkyl halides is 3. The van der Waals surface area contributed by atoms with Gasteiger partial charge in [-0.1, -0.05) is 12.1 Å². The molecule has 2 heterocycles. The van der Waals surface area contributed by atoms with Crippen molar-refractivity contribution in [2.45, 2.75) is 20.0 Å². The molecule has 0 saturated carbocycles. The van der Waals surface area contributed by atoms with Crippen LogP contribution in [-0.2, 0) is 11.0 Å². The van der Waals surface area contributed by atoms with E-state index in [4.69, 9.17) is 0 Å². The Balaban J connectivity index is 1.65. The van der Waals surface area contributed by atoms with E-state index in [1.54, 1.807) is 6.20 Å². The van der Waals surface area contributed by atoms with Gasteiger partial charge >= 0.3 is 6.18 Å². The second-order valence-electron chi connectivity index (χ2n) is 7.74. The largest absolute Gasteiger partial charge is 0.416 e. The minimum atomic E-state index is -4.54. The fourth-order valence-corrected chi connectivity index (χ4v) is 3.81. The van der Waals surface area contributed by atoms with Crippen LogP contribution in [0.15, 0.2) is 72.4 Å². The maximum absolute atomic E-state index is 12.9. The van der Waals surface area contributed by atoms with Gasteiger partial charge in [0.15, 0.2) is 0 Å². The van der Waals surface area contributed by atoms with Gasteiger partial charge in [-0.25, -0.2) is 0 Å². The highest BCUT2D eigenvalue weighted by Crippen LogP contribution is 2.31. The maximum atomic E-state index is 12.9. The van der Waals surface area contributed by atoms with Crippen molar-refractivity contribution in [2.75, 3.05) is 5.32 Å². The van der Waals surface area contributed by atoms with Gasteiger partial charge in [-0.15, -0.1) is 0 Å². The van der Waals surface area contributed by atoms with E-state index in [-0.39, 0.29) is 11.3 Å². The van der Waals surface area contributed by atoms with Gasteiger partial charge in [0.2, 0.25) is 0 Å². The number of benzene rings is 2. The summed E-state index contributed by atoms with van der Waals surface area (Å²) in [7, 11) is 0. The molecule has 0 fully saturated rings. The van der Waals surface area contributed by atoms with Crippen LogP contribution < -0.4 is 5.32 Å². The molecule has 0 aliphatic carbocycles. The fourth-order valence-electron chi connectivity index (χ4n) is 3.81. The molecule has 0 spiro atoms. The predicted molar refractivity (Wildman–Crippen MR) is 124 cm³/mol. The average molecular weight is 460 g/mol. The highest BCUT2D eigenvalue weighted by molar-refractivity contribution is 6.09. The fraction of sp³-hybridized carbons (Fsp3) is 0.115. The van der Waals surface area contributed by atoms with Crippen molar-refractivity contribution in [1.29, 1.82) is 5.26 Å². The zero-order chi connectivity index (χ0) is 24.5. The number of amides is 1. The molecule has 0 aliphatic heterocycles. The molecule has 1 amide bonds. The molecule has 0 radical (unpaired) electrons. The Morgan fingerprint density at radius 2 is 1.88 bits per heavy atom. The highest BCUT2D eigenvalue weighted by Gasteiger charge is 2.30. The summed E-state index contributed by atoms with van der Waals surface area (Å²) in [6.45, 7) is 3.78. The Bertz CT molecular complexity index is 1480. The van der Waals surface area contributed by atoms with E-state index in [1.807, 2.05) is 60.9 Å². The number of aryl methyl sites for hydroxylation is 1. The second kappa shape index (κ2) is 8.87. The first-order valence-electron chi connectivity index (χ1n) is 10.3. The smallest absolute Gasteiger partial charge is 0.321 e. The third-order valence-electron chi connectivity index (χ3n) is 5.43. The Hall–Kier alpha value is -4.38. The van der Waals surface area contributed by atoms with Crippen LogP contribution in [-0.4, -0.2) is 15.5 Å². The standard InChI is InChI=1S/C26H19F3N4O/c1-16-11-19(17(2)33(16)23-8-9-24-18(13-23)5-4-10-31-24)12-20(15-30)25(34)32-22-7-3-6-21(14-22)26(27,28)29/h3-14H,1-2H3,(H,32,34)/b20-12-. The first-order chi connectivity index (χ1) is 16.2. The summed E-state index contributed by atoms with van der Waals surface area (Å²) in [5, 5.41) is 12.9. The second-order valence-corrected chi connectivity index (χ2v) is 7.74. The quantitative estimate of drug-likeness (QED) is 0.291. The molecule has 2 aromatic carbocycles. The van der Waals surface area contributed by atoms with Gasteiger partial charge in [-0.2, -0.15) is 18.4 Å². The molecule has 1 N–H and O–H groups in total. The van der Waals surface area contributed by atoms with Gasteiger partial charge < -0.3 is 9.88 Å². The first kappa shape index (κ1) is 22.8. The molecule has 0 bridgehead atoms. The van der Waals surface area contributed by atoms with Crippen molar-refractivity contribution >= 4 is 28.6 Å². The lowest BCUT2D eigenvalue weighted by Crippen LogP contribution is -2.14. The number of anilines is 1. The number of fused-ring (bicyclic) bond motifs is 1. The minimum absolute atomic E-state index is 0.0452. The van der Waals surface area contributed by atoms with Crippen LogP contribution >= 0.6 is 0 Å². The predicted octanol–water partition coefficient (Wildman–Crippen LogP) is 6.21. The summed E-state index contributed by atoms with van der Waals surface area (Å²) >= 11 is 0. The number of aromatic nitrogens is 2. The molecule has 4 rings (SSSR count). The zero-order valence-corrected chi connectivity index (χ0v) is 18.3. The summed E-state index contributed by atoms with van der Waals surface area (Å²) in [5.41, 5.74) is 2.97. The number of halogens is 3. The number of pyridine rings is 1. The van der Waals surface area contributed by atoms with E-state index < -0.39 is 17.6 Å². The summed E-state index contributed by atoms with van der Waals surface area (Å²) in [4.78, 5) is 17.0. The number of nitrogens with zero attached hydrogens (tertiary/aromatic N) is 3. The lowest BCUT2D eigenvalue weighted by atomic mass is 10.1. The van der Waals surface area contributed by atoms with Crippen LogP contribution in [0.25, 0.3) is 22.7 Å². The molecule has 170 valence electrons. The lowest BCUT2D eigenvalue weighted by Gasteiger charge is -2.11. The number of carbonyl (C=O) groups is 1. The van der Waals surface area contributed by atoms with Crippen LogP contribution in [0.2, 0.25) is 0 Å². The average Bonchev–Trinajstić information content (AvgIpc) is 3.09. The number of nitrogens with one attached hydrogen (secondary N) is 1. The molecular formula is C26H19F3N4O. The van der Waals surface area contributed by atoms with Gasteiger partial charge in [-0.3, -0.25) is 9.78 Å². The Morgan fingerprint density at radius 1 is 1.09 bits per heavy atom. The summed E-state index contributed by atoms with van der Waals surface area (Å²) in [6.07, 6.45) is -1.37. The molecule has 0 saturated heterocycles. The Morgan fingerprint density at radius 3 is 2.62 bits per heavy atom. The molecule has 5 nitrogen and oxygen atoms in total. The normalized spacial score (nSPS) is 11.9. The molecule has 0 atom stereocenters. The summed E-state index contributed by atoms with van der Waals surface area (Å²) in [6, 6.07) is 17.6. The maximum Gasteiger partial charge on any atom is 0.416 e. The van der Waals surface area contributed by atoms with E-state index in [1.165, 1.54) is 18.2 Å². The number of nitriles is 1. The van der Waals surface area contributed by atoms with Crippen molar-refractivity contribution in [1.82, 2.24) is 9.55 Å². The number of rotatable bonds is 4. The van der Waals surface area contributed by atoms with Crippen LogP contribution in [0.1, 0.15) is 22.5 Å². The van der Waals surface area contributed by atoms with E-state index >= 15 is 0 Å². The van der Waals surface area contributed by atoms with E-state index in [9.17, 15) is 23.2 Å². The van der Waals surface area contributed by atoms with Crippen molar-refractivity contribution in [3.8, 4) is 11.8 Å². The van der Waals surface area contributed by atoms with Crippen molar-refractivity contribution in [2.24, 2.45) is 0 Å². The van der Waals surface area contributed by atoms with Gasteiger partial charge in [0.05, 0.1) is 11.1 Å². The SMILES string of the molecule is Cc1cc(/C=C(/C#N)C(=O)Nc2cccc(C(F)(F)F)c2)c(C)n1-c1ccc2ncccc2c1. The van der Waals surface area contributed by atoms with Gasteiger partial charge in [0.1, 0.15) is 11.6 Å². The van der Waals surface area contributed by atoms with Crippen molar-refractivity contribution in [3.05, 3.63) is 94.9 Å². The monoisotopic (exact) mass is 460 g/mol. The van der Waals surface area contributed by atoms with Crippen LogP contribution in [0.4, 0.5) is 18.9 Å². The highest BCUT2D eigenvalue weighted by atomic mass is 19.4. The number of hydrogen-bond acceptors (Lipinski definition) is 3. The molecule has 2 aromatic heterocycles. The van der Waals surface area contributed by atoms with Gasteiger partial charge in [0, 0.05) is 34.3 Å². The van der Waals surface area contributed by atoms with Crippen LogP contribution in [0.5, 0.6) is 0 Å². The van der Waals surface area contributed by atoms with Gasteiger partial charge in [-0.05, 0) is 74.0 Å². The van der Waals surface area contributed by atoms with E-state index in [0.29, 0.717) is 5.56 Å². The lowest BCUT2D eigenvalue weighted by molar-refractivity contribution is -0.137. The summed E-state index contributed by atoms with van der Waals surface area (Å²) in [5.74, 6) is -0.789. The van der Waals surface area contributed by atoms with Crippen LogP contribution in [0.3, 0.4) is 0 Å². The molecule has 0 unspecified atom stereocenters. The van der Waals surface area contributed by atoms with E-state index in [0.717, 1.165) is 40.1 Å². The van der Waals surface area contributed by atoms with E-state index in [2.05, 4.69) is 10.3 Å². The number of carbonyl (C=O) groups excluding carboxylic acids is 1. The Labute approximate surface area is 193 Å². The number of hydrogen-bond donors (Lipinski definition) is 1. The van der Waals surface area contributed by atoms with Crippen LogP contribution in [0, 0.1) is 25.2 Å². The molecule has 8 heteroatoms. The zero-order valence-electron chi connectivity index (χ0n) is 18.3. The third kappa shape index (κ3) is 4.55. The van der Waals surface area contributed by atoms with Crippen molar-refractivity contribution in [3.63, 3.8) is 0 Å². The van der Waals surface area contributed by atoms with Crippen molar-refractivity contribution < 1.29 is 18.0 Å². The summed E-state index contributed by atoms with van der Waals surface area (Å²) < 4.78 is 40.8. The minimum Gasteiger partial charge on any atom is -0.321 e. The molecule has 0 aliphatic rings. The first-order valence-corrected chi connectivity index (χ1v) is 10.3. The molecule has 4 aromatic rings. The molecular weight excluding hydrogens is 441 g/mol. The Kier molecular flexibility index (Phi) is 5.95.